The van der Waals surface area contributed by atoms with Crippen LogP contribution in [0.5, 0.6) is 11.6 Å². The highest BCUT2D eigenvalue weighted by Crippen LogP contribution is 2.34. The van der Waals surface area contributed by atoms with Gasteiger partial charge < -0.3 is 14.6 Å². The van der Waals surface area contributed by atoms with Crippen LogP contribution in [0.2, 0.25) is 0 Å². The summed E-state index contributed by atoms with van der Waals surface area (Å²) in [5.74, 6) is 1.70. The van der Waals surface area contributed by atoms with Gasteiger partial charge in [0.1, 0.15) is 11.6 Å². The van der Waals surface area contributed by atoms with Crippen LogP contribution in [0, 0.1) is 24.6 Å². The van der Waals surface area contributed by atoms with E-state index in [0.717, 1.165) is 23.5 Å². The van der Waals surface area contributed by atoms with Crippen LogP contribution in [-0.4, -0.2) is 52.2 Å². The van der Waals surface area contributed by atoms with Crippen LogP contribution in [-0.2, 0) is 11.3 Å². The van der Waals surface area contributed by atoms with Gasteiger partial charge in [0.2, 0.25) is 5.88 Å². The lowest BCUT2D eigenvalue weighted by Crippen LogP contribution is -2.36. The molecule has 0 saturated heterocycles. The summed E-state index contributed by atoms with van der Waals surface area (Å²) < 4.78 is 27.6. The third-order valence-electron chi connectivity index (χ3n) is 5.97. The Balaban J connectivity index is 1.60. The highest BCUT2D eigenvalue weighted by molar-refractivity contribution is 5.43. The van der Waals surface area contributed by atoms with E-state index in [1.54, 1.807) is 16.8 Å². The Bertz CT molecular complexity index is 1080. The predicted molar refractivity (Wildman–Crippen MR) is 134 cm³/mol. The molecule has 3 aromatic rings. The zero-order chi connectivity index (χ0) is 24.8. The largest absolute Gasteiger partial charge is 0.438 e. The average Bonchev–Trinajstić information content (AvgIpc) is 3.58. The van der Waals surface area contributed by atoms with Crippen molar-refractivity contribution in [3.05, 3.63) is 71.7 Å². The quantitative estimate of drug-likeness (QED) is 0.356. The van der Waals surface area contributed by atoms with Gasteiger partial charge in [0.25, 0.3) is 0 Å². The zero-order valence-electron chi connectivity index (χ0n) is 20.9. The summed E-state index contributed by atoms with van der Waals surface area (Å²) in [6.07, 6.45) is 1.85. The molecule has 2 aromatic carbocycles. The first-order chi connectivity index (χ1) is 16.9. The Morgan fingerprint density at radius 1 is 1.11 bits per heavy atom. The fourth-order valence-electron chi connectivity index (χ4n) is 4.09. The lowest BCUT2D eigenvalue weighted by molar-refractivity contribution is 0.00609. The number of aryl methyl sites for hydroxylation is 1. The van der Waals surface area contributed by atoms with Gasteiger partial charge >= 0.3 is 0 Å². The topological polar surface area (TPSA) is 59.8 Å². The van der Waals surface area contributed by atoms with Crippen molar-refractivity contribution in [2.75, 3.05) is 26.3 Å². The summed E-state index contributed by atoms with van der Waals surface area (Å²) in [5.41, 5.74) is 2.63. The molecular formula is C28H36FN3O3. The van der Waals surface area contributed by atoms with E-state index in [1.165, 1.54) is 25.0 Å². The molecule has 188 valence electrons. The minimum atomic E-state index is -0.579. The monoisotopic (exact) mass is 481 g/mol. The summed E-state index contributed by atoms with van der Waals surface area (Å²) in [6, 6.07) is 15.9. The number of para-hydroxylation sites is 1. The number of benzene rings is 2. The van der Waals surface area contributed by atoms with E-state index < -0.39 is 6.10 Å². The van der Waals surface area contributed by atoms with Crippen molar-refractivity contribution in [2.24, 2.45) is 11.8 Å². The predicted octanol–water partition coefficient (Wildman–Crippen LogP) is 5.36. The fraction of sp³-hybridized carbons (Fsp3) is 0.464. The van der Waals surface area contributed by atoms with Gasteiger partial charge in [-0.1, -0.05) is 38.1 Å². The average molecular weight is 482 g/mol. The van der Waals surface area contributed by atoms with Gasteiger partial charge in [0.15, 0.2) is 0 Å². The van der Waals surface area contributed by atoms with Crippen LogP contribution in [0.25, 0.3) is 5.69 Å². The van der Waals surface area contributed by atoms with E-state index in [1.807, 2.05) is 37.3 Å². The SMILES string of the molecule is Cc1nn(-c2ccccc2)c(Oc2cccc(F)c2)c1CN(CC(O)COCC(C)C)CC1CC1. The number of hydrogen-bond acceptors (Lipinski definition) is 5. The van der Waals surface area contributed by atoms with Crippen LogP contribution in [0.1, 0.15) is 37.9 Å². The number of nitrogens with zero attached hydrogens (tertiary/aromatic N) is 3. The van der Waals surface area contributed by atoms with Crippen molar-refractivity contribution in [3.63, 3.8) is 0 Å². The number of aliphatic hydroxyl groups excluding tert-OH is 1. The molecule has 0 radical (unpaired) electrons. The van der Waals surface area contributed by atoms with Gasteiger partial charge in [-0.05, 0) is 55.9 Å². The molecule has 7 heteroatoms. The molecule has 35 heavy (non-hydrogen) atoms. The molecule has 1 unspecified atom stereocenters. The smallest absolute Gasteiger partial charge is 0.227 e. The van der Waals surface area contributed by atoms with Gasteiger partial charge in [-0.3, -0.25) is 4.90 Å². The number of ether oxygens (including phenoxy) is 2. The molecule has 1 saturated carbocycles. The third kappa shape index (κ3) is 7.37. The second kappa shape index (κ2) is 11.8. The van der Waals surface area contributed by atoms with Crippen molar-refractivity contribution >= 4 is 0 Å². The number of hydrogen-bond donors (Lipinski definition) is 1. The molecule has 0 bridgehead atoms. The molecule has 1 aromatic heterocycles. The fourth-order valence-corrected chi connectivity index (χ4v) is 4.09. The maximum absolute atomic E-state index is 13.9. The molecule has 0 spiro atoms. The lowest BCUT2D eigenvalue weighted by atomic mass is 10.2. The number of aliphatic hydroxyl groups is 1. The highest BCUT2D eigenvalue weighted by atomic mass is 19.1. The van der Waals surface area contributed by atoms with Crippen molar-refractivity contribution < 1.29 is 19.0 Å². The first-order valence-corrected chi connectivity index (χ1v) is 12.4. The zero-order valence-corrected chi connectivity index (χ0v) is 20.9. The highest BCUT2D eigenvalue weighted by Gasteiger charge is 2.28. The van der Waals surface area contributed by atoms with Crippen LogP contribution < -0.4 is 4.74 Å². The molecule has 4 rings (SSSR count). The Hall–Kier alpha value is -2.74. The van der Waals surface area contributed by atoms with E-state index in [0.29, 0.717) is 49.8 Å². The van der Waals surface area contributed by atoms with Gasteiger partial charge in [-0.25, -0.2) is 9.07 Å². The van der Waals surface area contributed by atoms with E-state index in [-0.39, 0.29) is 5.82 Å². The van der Waals surface area contributed by atoms with Gasteiger partial charge in [0.05, 0.1) is 29.7 Å². The van der Waals surface area contributed by atoms with Gasteiger partial charge in [-0.15, -0.1) is 0 Å². The number of halogens is 1. The van der Waals surface area contributed by atoms with Gasteiger partial charge in [0, 0.05) is 32.3 Å². The van der Waals surface area contributed by atoms with E-state index in [2.05, 4.69) is 18.7 Å². The Kier molecular flexibility index (Phi) is 8.55. The molecule has 0 amide bonds. The maximum atomic E-state index is 13.9. The second-order valence-corrected chi connectivity index (χ2v) is 9.90. The van der Waals surface area contributed by atoms with Crippen LogP contribution in [0.15, 0.2) is 54.6 Å². The second-order valence-electron chi connectivity index (χ2n) is 9.90. The first-order valence-electron chi connectivity index (χ1n) is 12.4. The minimum absolute atomic E-state index is 0.314. The summed E-state index contributed by atoms with van der Waals surface area (Å²) in [4.78, 5) is 2.26. The molecule has 6 nitrogen and oxygen atoms in total. The van der Waals surface area contributed by atoms with Crippen LogP contribution in [0.4, 0.5) is 4.39 Å². The Morgan fingerprint density at radius 3 is 2.57 bits per heavy atom. The van der Waals surface area contributed by atoms with Gasteiger partial charge in [-0.2, -0.15) is 5.10 Å². The standard InChI is InChI=1S/C28H36FN3O3/c1-20(2)18-34-19-25(33)16-31(15-22-12-13-22)17-27-21(3)30-32(24-9-5-4-6-10-24)28(27)35-26-11-7-8-23(29)14-26/h4-11,14,20,22,25,33H,12-13,15-19H2,1-3H3. The molecule has 1 aliphatic carbocycles. The molecule has 1 heterocycles. The lowest BCUT2D eigenvalue weighted by Gasteiger charge is -2.25. The van der Waals surface area contributed by atoms with Crippen molar-refractivity contribution in [2.45, 2.75) is 46.3 Å². The molecule has 1 N–H and O–H groups in total. The van der Waals surface area contributed by atoms with E-state index >= 15 is 0 Å². The molecule has 1 atom stereocenters. The molecule has 1 fully saturated rings. The third-order valence-corrected chi connectivity index (χ3v) is 5.97. The summed E-state index contributed by atoms with van der Waals surface area (Å²) in [7, 11) is 0. The van der Waals surface area contributed by atoms with E-state index in [4.69, 9.17) is 14.6 Å². The van der Waals surface area contributed by atoms with Crippen LogP contribution in [0.3, 0.4) is 0 Å². The molecular weight excluding hydrogens is 445 g/mol. The summed E-state index contributed by atoms with van der Waals surface area (Å²) in [6.45, 7) is 9.08. The van der Waals surface area contributed by atoms with Crippen molar-refractivity contribution in [1.82, 2.24) is 14.7 Å². The summed E-state index contributed by atoms with van der Waals surface area (Å²) >= 11 is 0. The molecule has 0 aliphatic heterocycles. The number of aromatic nitrogens is 2. The normalized spacial score (nSPS) is 14.6. The molecule has 1 aliphatic rings. The summed E-state index contributed by atoms with van der Waals surface area (Å²) in [5, 5.41) is 15.5. The van der Waals surface area contributed by atoms with Crippen molar-refractivity contribution in [1.29, 1.82) is 0 Å². The Labute approximate surface area is 207 Å². The van der Waals surface area contributed by atoms with Crippen LogP contribution >= 0.6 is 0 Å². The van der Waals surface area contributed by atoms with Crippen molar-refractivity contribution in [3.8, 4) is 17.3 Å². The first kappa shape index (κ1) is 25.4. The minimum Gasteiger partial charge on any atom is -0.438 e. The Morgan fingerprint density at radius 2 is 1.89 bits per heavy atom. The van der Waals surface area contributed by atoms with E-state index in [9.17, 15) is 9.50 Å². The number of rotatable bonds is 13. The maximum Gasteiger partial charge on any atom is 0.227 e.